The number of amides is 2. The van der Waals surface area contributed by atoms with Gasteiger partial charge in [0.1, 0.15) is 12.4 Å². The summed E-state index contributed by atoms with van der Waals surface area (Å²) in [6, 6.07) is 14.7. The molecule has 0 unspecified atom stereocenters. The smallest absolute Gasteiger partial charge is 0.294 e. The predicted molar refractivity (Wildman–Crippen MR) is 195 cm³/mol. The molecular weight excluding hydrogens is 672 g/mol. The SMILES string of the molecule is COCCCN1CCOc2ccc(CO[C@H]3CN[C@@H](CC(C)(C)C(=O)N(C)C(=O)CCCO[N+](=O)[O-])C[C@@H]3c3ccc(COCCOC)cc3)cc21. The number of rotatable bonds is 21. The molecule has 0 radical (unpaired) electrons. The minimum Gasteiger partial charge on any atom is -0.490 e. The minimum atomic E-state index is -0.890. The average Bonchev–Trinajstić information content (AvgIpc) is 3.14. The van der Waals surface area contributed by atoms with Crippen molar-refractivity contribution in [3.8, 4) is 5.75 Å². The van der Waals surface area contributed by atoms with Crippen LogP contribution in [0.25, 0.3) is 0 Å². The normalized spacial score (nSPS) is 18.7. The van der Waals surface area contributed by atoms with E-state index >= 15 is 0 Å². The van der Waals surface area contributed by atoms with Crippen LogP contribution in [0.3, 0.4) is 0 Å². The Balaban J connectivity index is 1.44. The molecule has 2 aliphatic heterocycles. The lowest BCUT2D eigenvalue weighted by Crippen LogP contribution is -2.51. The zero-order valence-corrected chi connectivity index (χ0v) is 31.3. The van der Waals surface area contributed by atoms with Gasteiger partial charge in [0.25, 0.3) is 5.09 Å². The maximum atomic E-state index is 13.5. The molecular formula is C38H56N4O10. The predicted octanol–water partition coefficient (Wildman–Crippen LogP) is 4.51. The molecule has 2 heterocycles. The van der Waals surface area contributed by atoms with E-state index in [1.54, 1.807) is 14.2 Å². The van der Waals surface area contributed by atoms with Crippen molar-refractivity contribution >= 4 is 17.5 Å². The molecule has 14 nitrogen and oxygen atoms in total. The van der Waals surface area contributed by atoms with Gasteiger partial charge >= 0.3 is 0 Å². The van der Waals surface area contributed by atoms with Crippen LogP contribution in [0, 0.1) is 15.5 Å². The van der Waals surface area contributed by atoms with Gasteiger partial charge in [-0.15, -0.1) is 10.1 Å². The van der Waals surface area contributed by atoms with Crippen LogP contribution < -0.4 is 15.0 Å². The maximum Gasteiger partial charge on any atom is 0.294 e. The van der Waals surface area contributed by atoms with Crippen LogP contribution >= 0.6 is 0 Å². The molecule has 2 aromatic carbocycles. The van der Waals surface area contributed by atoms with Gasteiger partial charge in [-0.05, 0) is 54.5 Å². The van der Waals surface area contributed by atoms with Crippen LogP contribution in [-0.4, -0.2) is 108 Å². The highest BCUT2D eigenvalue weighted by atomic mass is 16.9. The monoisotopic (exact) mass is 728 g/mol. The van der Waals surface area contributed by atoms with Crippen molar-refractivity contribution in [1.29, 1.82) is 0 Å². The second kappa shape index (κ2) is 20.4. The van der Waals surface area contributed by atoms with Crippen molar-refractivity contribution < 1.29 is 43.2 Å². The lowest BCUT2D eigenvalue weighted by atomic mass is 9.77. The summed E-state index contributed by atoms with van der Waals surface area (Å²) in [7, 11) is 4.84. The lowest BCUT2D eigenvalue weighted by molar-refractivity contribution is -0.757. The number of imide groups is 1. The van der Waals surface area contributed by atoms with Crippen molar-refractivity contribution in [3.05, 3.63) is 69.3 Å². The molecule has 4 rings (SSSR count). The molecule has 2 aromatic rings. The van der Waals surface area contributed by atoms with Crippen LogP contribution in [0.15, 0.2) is 42.5 Å². The Morgan fingerprint density at radius 2 is 1.77 bits per heavy atom. The lowest BCUT2D eigenvalue weighted by Gasteiger charge is -2.40. The fourth-order valence-electron chi connectivity index (χ4n) is 6.89. The summed E-state index contributed by atoms with van der Waals surface area (Å²) in [5.74, 6) is 0.237. The van der Waals surface area contributed by atoms with Gasteiger partial charge in [0, 0.05) is 64.8 Å². The van der Waals surface area contributed by atoms with Gasteiger partial charge in [0.05, 0.1) is 51.4 Å². The summed E-state index contributed by atoms with van der Waals surface area (Å²) in [4.78, 5) is 44.5. The number of methoxy groups -OCH3 is 2. The summed E-state index contributed by atoms with van der Waals surface area (Å²) in [6.45, 7) is 9.16. The molecule has 0 aliphatic carbocycles. The van der Waals surface area contributed by atoms with Crippen molar-refractivity contribution in [2.45, 2.75) is 77.2 Å². The standard InChI is InChI=1S/C38H56N4O10/c1-38(2,37(44)40(3)36(43)8-6-18-52-42(45)46)24-31-23-32(30-12-9-28(10-13-30)26-49-21-20-48-5)35(25-39-31)51-27-29-11-14-34-33(22-29)41(16-19-50-34)15-7-17-47-4/h9-14,22,31-32,35,39H,6-8,15-21,23-27H2,1-5H3/t31-,32-,35+/m1/s1. The molecule has 0 aromatic heterocycles. The number of benzene rings is 2. The van der Waals surface area contributed by atoms with Gasteiger partial charge in [-0.3, -0.25) is 14.5 Å². The van der Waals surface area contributed by atoms with Crippen molar-refractivity contribution in [2.24, 2.45) is 5.41 Å². The van der Waals surface area contributed by atoms with E-state index in [-0.39, 0.29) is 43.4 Å². The Kier molecular flexibility index (Phi) is 16.1. The van der Waals surface area contributed by atoms with Gasteiger partial charge in [-0.1, -0.05) is 44.2 Å². The minimum absolute atomic E-state index is 0.0144. The van der Waals surface area contributed by atoms with E-state index in [4.69, 9.17) is 23.7 Å². The average molecular weight is 729 g/mol. The molecule has 3 atom stereocenters. The molecule has 52 heavy (non-hydrogen) atoms. The molecule has 1 N–H and O–H groups in total. The summed E-state index contributed by atoms with van der Waals surface area (Å²) in [6.07, 6.45) is 2.16. The molecule has 14 heteroatoms. The zero-order valence-electron chi connectivity index (χ0n) is 31.3. The second-order valence-electron chi connectivity index (χ2n) is 14.1. The third-order valence-electron chi connectivity index (χ3n) is 9.67. The summed E-state index contributed by atoms with van der Waals surface area (Å²) >= 11 is 0. The van der Waals surface area contributed by atoms with E-state index in [9.17, 15) is 19.7 Å². The van der Waals surface area contributed by atoms with Crippen LogP contribution in [0.1, 0.15) is 68.6 Å². The fourth-order valence-corrected chi connectivity index (χ4v) is 6.89. The van der Waals surface area contributed by atoms with Gasteiger partial charge in [0.2, 0.25) is 11.8 Å². The Hall–Kier alpha value is -3.82. The van der Waals surface area contributed by atoms with E-state index in [0.29, 0.717) is 52.6 Å². The highest BCUT2D eigenvalue weighted by Gasteiger charge is 2.39. The number of carbonyl (C=O) groups excluding carboxylic acids is 2. The molecule has 0 saturated carbocycles. The quantitative estimate of drug-likeness (QED) is 0.110. The Morgan fingerprint density at radius 3 is 2.50 bits per heavy atom. The summed E-state index contributed by atoms with van der Waals surface area (Å²) in [5, 5.41) is 13.2. The van der Waals surface area contributed by atoms with E-state index in [1.165, 1.54) is 7.05 Å². The highest BCUT2D eigenvalue weighted by molar-refractivity contribution is 5.97. The number of anilines is 1. The van der Waals surface area contributed by atoms with Crippen molar-refractivity contribution in [2.75, 3.05) is 78.8 Å². The highest BCUT2D eigenvalue weighted by Crippen LogP contribution is 2.37. The Labute approximate surface area is 307 Å². The Bertz CT molecular complexity index is 1440. The van der Waals surface area contributed by atoms with Gasteiger partial charge in [-0.2, -0.15) is 0 Å². The number of piperidine rings is 1. The van der Waals surface area contributed by atoms with E-state index in [0.717, 1.165) is 59.0 Å². The maximum absolute atomic E-state index is 13.5. The topological polar surface area (TPSA) is 151 Å². The molecule has 288 valence electrons. The third kappa shape index (κ3) is 12.1. The van der Waals surface area contributed by atoms with E-state index in [2.05, 4.69) is 51.5 Å². The molecule has 1 fully saturated rings. The van der Waals surface area contributed by atoms with Crippen LogP contribution in [-0.2, 0) is 46.6 Å². The van der Waals surface area contributed by atoms with E-state index < -0.39 is 16.4 Å². The summed E-state index contributed by atoms with van der Waals surface area (Å²) in [5.41, 5.74) is 3.51. The third-order valence-corrected chi connectivity index (χ3v) is 9.67. The first-order chi connectivity index (χ1) is 25.0. The van der Waals surface area contributed by atoms with Gasteiger partial charge < -0.3 is 38.7 Å². The van der Waals surface area contributed by atoms with Crippen LogP contribution in [0.5, 0.6) is 5.75 Å². The number of ether oxygens (including phenoxy) is 5. The van der Waals surface area contributed by atoms with Crippen molar-refractivity contribution in [1.82, 2.24) is 10.2 Å². The molecule has 2 amide bonds. The molecule has 2 aliphatic rings. The zero-order chi connectivity index (χ0) is 37.5. The molecule has 0 spiro atoms. The molecule has 1 saturated heterocycles. The van der Waals surface area contributed by atoms with Crippen LogP contribution in [0.2, 0.25) is 0 Å². The number of hydrogen-bond donors (Lipinski definition) is 1. The van der Waals surface area contributed by atoms with Crippen molar-refractivity contribution in [3.63, 3.8) is 0 Å². The van der Waals surface area contributed by atoms with E-state index in [1.807, 2.05) is 19.9 Å². The first kappa shape index (κ1) is 40.9. The number of carbonyl (C=O) groups is 2. The Morgan fingerprint density at radius 1 is 1.02 bits per heavy atom. The largest absolute Gasteiger partial charge is 0.490 e. The summed E-state index contributed by atoms with van der Waals surface area (Å²) < 4.78 is 28.7. The fraction of sp³-hybridized carbons (Fsp3) is 0.632. The van der Waals surface area contributed by atoms with Gasteiger partial charge in [0.15, 0.2) is 0 Å². The first-order valence-corrected chi connectivity index (χ1v) is 18.1. The number of nitrogens with zero attached hydrogens (tertiary/aromatic N) is 3. The number of nitrogens with one attached hydrogen (secondary N) is 1. The first-order valence-electron chi connectivity index (χ1n) is 18.1. The molecule has 0 bridgehead atoms. The second-order valence-corrected chi connectivity index (χ2v) is 14.1. The number of fused-ring (bicyclic) bond motifs is 1. The number of hydrogen-bond acceptors (Lipinski definition) is 12. The van der Waals surface area contributed by atoms with Gasteiger partial charge in [-0.25, -0.2) is 0 Å². The van der Waals surface area contributed by atoms with Crippen LogP contribution in [0.4, 0.5) is 5.69 Å².